The zero-order valence-electron chi connectivity index (χ0n) is 11.1. The van der Waals surface area contributed by atoms with Gasteiger partial charge < -0.3 is 5.11 Å². The summed E-state index contributed by atoms with van der Waals surface area (Å²) < 4.78 is 40.0. The van der Waals surface area contributed by atoms with E-state index in [1.165, 1.54) is 16.4 Å². The van der Waals surface area contributed by atoms with Gasteiger partial charge in [-0.05, 0) is 31.0 Å². The third kappa shape index (κ3) is 3.01. The van der Waals surface area contributed by atoms with Crippen LogP contribution in [0.4, 0.5) is 4.39 Å². The lowest BCUT2D eigenvalue weighted by Crippen LogP contribution is -2.32. The molecule has 1 fully saturated rings. The fourth-order valence-electron chi connectivity index (χ4n) is 2.01. The van der Waals surface area contributed by atoms with E-state index in [1.54, 1.807) is 6.92 Å². The van der Waals surface area contributed by atoms with Gasteiger partial charge in [0.05, 0.1) is 10.5 Å². The number of rotatable bonds is 4. The average Bonchev–Trinajstić information content (AvgIpc) is 3.22. The molecule has 2 rings (SSSR count). The summed E-state index contributed by atoms with van der Waals surface area (Å²) in [4.78, 5) is -0.0571. The lowest BCUT2D eigenvalue weighted by Gasteiger charge is -2.20. The highest BCUT2D eigenvalue weighted by molar-refractivity contribution is 7.89. The Morgan fingerprint density at radius 1 is 1.45 bits per heavy atom. The fourth-order valence-corrected chi connectivity index (χ4v) is 3.72. The van der Waals surface area contributed by atoms with Gasteiger partial charge in [-0.15, -0.1) is 0 Å². The third-order valence-electron chi connectivity index (χ3n) is 3.12. The highest BCUT2D eigenvalue weighted by Crippen LogP contribution is 2.32. The summed E-state index contributed by atoms with van der Waals surface area (Å²) in [5.41, 5.74) is 0.0764. The molecular formula is C14H16FNO3S. The lowest BCUT2D eigenvalue weighted by atomic mass is 10.2. The second kappa shape index (κ2) is 5.92. The van der Waals surface area contributed by atoms with Crippen molar-refractivity contribution in [1.82, 2.24) is 4.31 Å². The van der Waals surface area contributed by atoms with Crippen molar-refractivity contribution in [3.05, 3.63) is 29.6 Å². The largest absolute Gasteiger partial charge is 0.384 e. The molecule has 0 amide bonds. The van der Waals surface area contributed by atoms with Gasteiger partial charge in [-0.25, -0.2) is 12.8 Å². The minimum Gasteiger partial charge on any atom is -0.384 e. The average molecular weight is 297 g/mol. The summed E-state index contributed by atoms with van der Waals surface area (Å²) >= 11 is 0. The van der Waals surface area contributed by atoms with Gasteiger partial charge >= 0.3 is 0 Å². The van der Waals surface area contributed by atoms with Gasteiger partial charge in [0.1, 0.15) is 12.4 Å². The Hall–Kier alpha value is -1.42. The second-order valence-corrected chi connectivity index (χ2v) is 6.43. The quantitative estimate of drug-likeness (QED) is 0.853. The molecule has 1 aromatic rings. The molecule has 1 saturated carbocycles. The van der Waals surface area contributed by atoms with Crippen molar-refractivity contribution < 1.29 is 17.9 Å². The van der Waals surface area contributed by atoms with E-state index in [1.807, 2.05) is 0 Å². The molecule has 108 valence electrons. The smallest absolute Gasteiger partial charge is 0.243 e. The molecule has 1 N–H and O–H groups in total. The van der Waals surface area contributed by atoms with Crippen molar-refractivity contribution in [1.29, 1.82) is 0 Å². The van der Waals surface area contributed by atoms with Crippen LogP contribution in [-0.4, -0.2) is 37.0 Å². The van der Waals surface area contributed by atoms with E-state index < -0.39 is 15.8 Å². The summed E-state index contributed by atoms with van der Waals surface area (Å²) in [5, 5.41) is 8.58. The predicted molar refractivity (Wildman–Crippen MR) is 73.0 cm³/mol. The first-order chi connectivity index (χ1) is 9.50. The summed E-state index contributed by atoms with van der Waals surface area (Å²) in [5.74, 6) is 4.07. The van der Waals surface area contributed by atoms with Crippen LogP contribution in [0.1, 0.15) is 25.3 Å². The van der Waals surface area contributed by atoms with Crippen LogP contribution in [0.3, 0.4) is 0 Å². The van der Waals surface area contributed by atoms with E-state index >= 15 is 0 Å². The number of aliphatic hydroxyl groups is 1. The summed E-state index contributed by atoms with van der Waals surface area (Å²) in [6.45, 7) is 1.78. The Morgan fingerprint density at radius 2 is 2.15 bits per heavy atom. The second-order valence-electron chi connectivity index (χ2n) is 4.54. The van der Waals surface area contributed by atoms with Crippen molar-refractivity contribution in [3.8, 4) is 11.8 Å². The van der Waals surface area contributed by atoms with Crippen molar-refractivity contribution in [2.45, 2.75) is 30.7 Å². The van der Waals surface area contributed by atoms with Crippen LogP contribution in [0.5, 0.6) is 0 Å². The van der Waals surface area contributed by atoms with E-state index in [9.17, 15) is 12.8 Å². The number of aliphatic hydroxyl groups excluding tert-OH is 1. The van der Waals surface area contributed by atoms with E-state index in [0.29, 0.717) is 6.54 Å². The number of hydrogen-bond acceptors (Lipinski definition) is 3. The van der Waals surface area contributed by atoms with E-state index in [-0.39, 0.29) is 23.1 Å². The Morgan fingerprint density at radius 3 is 2.65 bits per heavy atom. The van der Waals surface area contributed by atoms with E-state index in [0.717, 1.165) is 18.9 Å². The van der Waals surface area contributed by atoms with Gasteiger partial charge in [0.15, 0.2) is 0 Å². The van der Waals surface area contributed by atoms with Crippen molar-refractivity contribution in [3.63, 3.8) is 0 Å². The molecule has 0 unspecified atom stereocenters. The number of sulfonamides is 1. The first-order valence-electron chi connectivity index (χ1n) is 6.41. The number of hydrogen-bond donors (Lipinski definition) is 1. The Labute approximate surface area is 118 Å². The number of benzene rings is 1. The van der Waals surface area contributed by atoms with Crippen LogP contribution < -0.4 is 0 Å². The molecule has 0 bridgehead atoms. The minimum atomic E-state index is -3.65. The highest BCUT2D eigenvalue weighted by Gasteiger charge is 2.37. The standard InChI is InChI=1S/C14H16FNO3S/c1-2-16(12-6-7-12)20(18,19)13-8-5-11(4-3-9-17)14(15)10-13/h5,8,10,12,17H,2,6-7,9H2,1H3. The van der Waals surface area contributed by atoms with Gasteiger partial charge in [-0.2, -0.15) is 4.31 Å². The topological polar surface area (TPSA) is 57.6 Å². The molecule has 0 aromatic heterocycles. The predicted octanol–water partition coefficient (Wildman–Crippen LogP) is 1.34. The molecule has 0 spiro atoms. The minimum absolute atomic E-state index is 0.0434. The molecule has 0 atom stereocenters. The molecule has 6 heteroatoms. The summed E-state index contributed by atoms with van der Waals surface area (Å²) in [7, 11) is -3.65. The first-order valence-corrected chi connectivity index (χ1v) is 7.85. The summed E-state index contributed by atoms with van der Waals surface area (Å²) in [6.07, 6.45) is 1.71. The van der Waals surface area contributed by atoms with Gasteiger partial charge in [0, 0.05) is 12.6 Å². The van der Waals surface area contributed by atoms with E-state index in [4.69, 9.17) is 5.11 Å². The van der Waals surface area contributed by atoms with Crippen molar-refractivity contribution >= 4 is 10.0 Å². The van der Waals surface area contributed by atoms with Crippen molar-refractivity contribution in [2.24, 2.45) is 0 Å². The Balaban J connectivity index is 2.35. The van der Waals surface area contributed by atoms with E-state index in [2.05, 4.69) is 11.8 Å². The van der Waals surface area contributed by atoms with Crippen molar-refractivity contribution in [2.75, 3.05) is 13.2 Å². The molecule has 20 heavy (non-hydrogen) atoms. The Kier molecular flexibility index (Phi) is 4.43. The molecule has 1 aliphatic carbocycles. The van der Waals surface area contributed by atoms with Crippen LogP contribution in [-0.2, 0) is 10.0 Å². The monoisotopic (exact) mass is 297 g/mol. The SMILES string of the molecule is CCN(C1CC1)S(=O)(=O)c1ccc(C#CCO)c(F)c1. The third-order valence-corrected chi connectivity index (χ3v) is 5.14. The molecule has 1 aliphatic rings. The molecule has 0 saturated heterocycles. The highest BCUT2D eigenvalue weighted by atomic mass is 32.2. The van der Waals surface area contributed by atoms with Gasteiger partial charge in [-0.1, -0.05) is 18.8 Å². The van der Waals surface area contributed by atoms with Crippen LogP contribution in [0.2, 0.25) is 0 Å². The summed E-state index contributed by atoms with van der Waals surface area (Å²) in [6, 6.07) is 3.71. The van der Waals surface area contributed by atoms with Gasteiger partial charge in [-0.3, -0.25) is 0 Å². The number of halogens is 1. The zero-order chi connectivity index (χ0) is 14.8. The molecule has 0 aliphatic heterocycles. The maximum Gasteiger partial charge on any atom is 0.243 e. The van der Waals surface area contributed by atoms with Crippen LogP contribution >= 0.6 is 0 Å². The van der Waals surface area contributed by atoms with Gasteiger partial charge in [0.25, 0.3) is 0 Å². The van der Waals surface area contributed by atoms with Crippen LogP contribution in [0.15, 0.2) is 23.1 Å². The van der Waals surface area contributed by atoms with Gasteiger partial charge in [0.2, 0.25) is 10.0 Å². The normalized spacial score (nSPS) is 15.0. The molecular weight excluding hydrogens is 281 g/mol. The Bertz CT molecular complexity index is 657. The lowest BCUT2D eigenvalue weighted by molar-refractivity contribution is 0.350. The molecule has 0 heterocycles. The maximum absolute atomic E-state index is 13.8. The zero-order valence-corrected chi connectivity index (χ0v) is 12.0. The fraction of sp³-hybridized carbons (Fsp3) is 0.429. The maximum atomic E-state index is 13.8. The van der Waals surface area contributed by atoms with Crippen LogP contribution in [0, 0.1) is 17.7 Å². The van der Waals surface area contributed by atoms with Crippen LogP contribution in [0.25, 0.3) is 0 Å². The molecule has 0 radical (unpaired) electrons. The number of nitrogens with zero attached hydrogens (tertiary/aromatic N) is 1. The molecule has 4 nitrogen and oxygen atoms in total. The molecule has 1 aromatic carbocycles. The first kappa shape index (κ1) is 15.0.